The van der Waals surface area contributed by atoms with E-state index in [0.29, 0.717) is 16.9 Å². The molecule has 0 bridgehead atoms. The molecule has 0 unspecified atom stereocenters. The van der Waals surface area contributed by atoms with Gasteiger partial charge in [-0.3, -0.25) is 9.48 Å². The number of amides is 1. The first kappa shape index (κ1) is 12.8. The lowest BCUT2D eigenvalue weighted by molar-refractivity contribution is 0.101. The van der Waals surface area contributed by atoms with E-state index in [2.05, 4.69) is 10.4 Å². The highest BCUT2D eigenvalue weighted by atomic mass is 16.2. The molecule has 2 rings (SSSR count). The predicted octanol–water partition coefficient (Wildman–Crippen LogP) is 2.11. The molecule has 0 saturated carbocycles. The van der Waals surface area contributed by atoms with Gasteiger partial charge in [-0.1, -0.05) is 19.1 Å². The lowest BCUT2D eigenvalue weighted by atomic mass is 10.2. The Morgan fingerprint density at radius 2 is 2.21 bits per heavy atom. The van der Waals surface area contributed by atoms with Crippen LogP contribution < -0.4 is 5.32 Å². The molecule has 0 aliphatic heterocycles. The number of hydrogen-bond donors (Lipinski definition) is 1. The van der Waals surface area contributed by atoms with Crippen molar-refractivity contribution in [2.75, 3.05) is 5.32 Å². The molecule has 0 aliphatic rings. The lowest BCUT2D eigenvalue weighted by Crippen LogP contribution is -2.16. The molecule has 5 heteroatoms. The van der Waals surface area contributed by atoms with Crippen molar-refractivity contribution in [2.45, 2.75) is 13.3 Å². The predicted molar refractivity (Wildman–Crippen MR) is 71.7 cm³/mol. The maximum Gasteiger partial charge on any atom is 0.273 e. The van der Waals surface area contributed by atoms with Crippen LogP contribution in [0.1, 0.15) is 28.7 Å². The van der Waals surface area contributed by atoms with Crippen LogP contribution in [0.5, 0.6) is 0 Å². The Hall–Kier alpha value is -2.61. The molecule has 96 valence electrons. The first-order chi connectivity index (χ1) is 9.15. The molecule has 1 amide bonds. The monoisotopic (exact) mass is 254 g/mol. The largest absolute Gasteiger partial charge is 0.319 e. The molecule has 0 saturated heterocycles. The van der Waals surface area contributed by atoms with Gasteiger partial charge >= 0.3 is 0 Å². The summed E-state index contributed by atoms with van der Waals surface area (Å²) in [6.07, 6.45) is 0.774. The van der Waals surface area contributed by atoms with Gasteiger partial charge in [-0.25, -0.2) is 0 Å². The van der Waals surface area contributed by atoms with Crippen molar-refractivity contribution in [3.63, 3.8) is 0 Å². The molecule has 2 aromatic rings. The Morgan fingerprint density at radius 1 is 1.47 bits per heavy atom. The molecule has 1 aromatic heterocycles. The Kier molecular flexibility index (Phi) is 3.62. The fourth-order valence-corrected chi connectivity index (χ4v) is 1.79. The van der Waals surface area contributed by atoms with Crippen LogP contribution in [0.3, 0.4) is 0 Å². The summed E-state index contributed by atoms with van der Waals surface area (Å²) in [7, 11) is 1.73. The van der Waals surface area contributed by atoms with Gasteiger partial charge < -0.3 is 5.32 Å². The van der Waals surface area contributed by atoms with Gasteiger partial charge in [0.2, 0.25) is 0 Å². The number of hydrogen-bond acceptors (Lipinski definition) is 3. The van der Waals surface area contributed by atoms with E-state index in [1.54, 1.807) is 42.1 Å². The Bertz CT molecular complexity index is 652. The van der Waals surface area contributed by atoms with Crippen LogP contribution in [-0.4, -0.2) is 15.7 Å². The number of carbonyl (C=O) groups excluding carboxylic acids is 1. The maximum atomic E-state index is 12.2. The Balaban J connectivity index is 2.26. The number of para-hydroxylation sites is 1. The molecule has 1 N–H and O–H groups in total. The molecule has 5 nitrogen and oxygen atoms in total. The second kappa shape index (κ2) is 5.36. The molecule has 0 aliphatic carbocycles. The van der Waals surface area contributed by atoms with Crippen LogP contribution in [0.15, 0.2) is 30.3 Å². The highest BCUT2D eigenvalue weighted by Gasteiger charge is 2.14. The third kappa shape index (κ3) is 2.63. The number of aromatic nitrogens is 2. The standard InChI is InChI=1S/C14H14N4O/c1-3-11-8-13(18(2)17-11)14(19)16-12-7-5-4-6-10(12)9-15/h4-8H,3H2,1-2H3,(H,16,19). The SMILES string of the molecule is CCc1cc(C(=O)Nc2ccccc2C#N)n(C)n1. The summed E-state index contributed by atoms with van der Waals surface area (Å²) in [6.45, 7) is 1.98. The van der Waals surface area contributed by atoms with Gasteiger partial charge in [0.1, 0.15) is 11.8 Å². The molecule has 1 aromatic carbocycles. The van der Waals surface area contributed by atoms with E-state index in [1.807, 2.05) is 13.0 Å². The van der Waals surface area contributed by atoms with Gasteiger partial charge in [-0.15, -0.1) is 0 Å². The van der Waals surface area contributed by atoms with Crippen LogP contribution in [-0.2, 0) is 13.5 Å². The number of benzene rings is 1. The number of nitrogens with zero attached hydrogens (tertiary/aromatic N) is 3. The van der Waals surface area contributed by atoms with E-state index in [9.17, 15) is 4.79 Å². The summed E-state index contributed by atoms with van der Waals surface area (Å²) in [5.74, 6) is -0.266. The van der Waals surface area contributed by atoms with Gasteiger partial charge in [0.25, 0.3) is 5.91 Å². The second-order valence-corrected chi connectivity index (χ2v) is 4.11. The number of aryl methyl sites for hydroxylation is 2. The first-order valence-electron chi connectivity index (χ1n) is 5.99. The Labute approximate surface area is 111 Å². The first-order valence-corrected chi connectivity index (χ1v) is 5.99. The fourth-order valence-electron chi connectivity index (χ4n) is 1.79. The molecule has 0 spiro atoms. The lowest BCUT2D eigenvalue weighted by Gasteiger charge is -2.06. The van der Waals surface area contributed by atoms with Crippen LogP contribution in [0.2, 0.25) is 0 Å². The van der Waals surface area contributed by atoms with Gasteiger partial charge in [-0.05, 0) is 24.6 Å². The quantitative estimate of drug-likeness (QED) is 0.911. The van der Waals surface area contributed by atoms with Gasteiger partial charge in [0.05, 0.1) is 16.9 Å². The van der Waals surface area contributed by atoms with E-state index >= 15 is 0 Å². The minimum Gasteiger partial charge on any atom is -0.319 e. The minimum absolute atomic E-state index is 0.266. The van der Waals surface area contributed by atoms with E-state index < -0.39 is 0 Å². The van der Waals surface area contributed by atoms with Crippen molar-refractivity contribution in [1.82, 2.24) is 9.78 Å². The van der Waals surface area contributed by atoms with Crippen molar-refractivity contribution in [3.05, 3.63) is 47.3 Å². The molecular formula is C14H14N4O. The van der Waals surface area contributed by atoms with Crippen molar-refractivity contribution in [3.8, 4) is 6.07 Å². The molecule has 19 heavy (non-hydrogen) atoms. The van der Waals surface area contributed by atoms with Gasteiger partial charge in [0, 0.05) is 7.05 Å². The number of nitriles is 1. The topological polar surface area (TPSA) is 70.7 Å². The fraction of sp³-hybridized carbons (Fsp3) is 0.214. The van der Waals surface area contributed by atoms with E-state index in [4.69, 9.17) is 5.26 Å². The summed E-state index contributed by atoms with van der Waals surface area (Å²) in [4.78, 5) is 12.2. The number of rotatable bonds is 3. The maximum absolute atomic E-state index is 12.2. The van der Waals surface area contributed by atoms with Crippen LogP contribution in [0.25, 0.3) is 0 Å². The Morgan fingerprint density at radius 3 is 2.84 bits per heavy atom. The zero-order valence-corrected chi connectivity index (χ0v) is 10.8. The highest BCUT2D eigenvalue weighted by molar-refractivity contribution is 6.03. The van der Waals surface area contributed by atoms with Crippen molar-refractivity contribution in [1.29, 1.82) is 5.26 Å². The number of carbonyl (C=O) groups is 1. The molecule has 0 radical (unpaired) electrons. The van der Waals surface area contributed by atoms with Crippen LogP contribution >= 0.6 is 0 Å². The molecule has 0 atom stereocenters. The third-order valence-corrected chi connectivity index (χ3v) is 2.82. The van der Waals surface area contributed by atoms with Gasteiger partial charge in [-0.2, -0.15) is 10.4 Å². The minimum atomic E-state index is -0.266. The third-order valence-electron chi connectivity index (χ3n) is 2.82. The summed E-state index contributed by atoms with van der Waals surface area (Å²) >= 11 is 0. The summed E-state index contributed by atoms with van der Waals surface area (Å²) in [5, 5.41) is 15.9. The van der Waals surface area contributed by atoms with Crippen LogP contribution in [0.4, 0.5) is 5.69 Å². The van der Waals surface area contributed by atoms with Crippen molar-refractivity contribution in [2.24, 2.45) is 7.05 Å². The number of anilines is 1. The second-order valence-electron chi connectivity index (χ2n) is 4.11. The van der Waals surface area contributed by atoms with Crippen molar-refractivity contribution >= 4 is 11.6 Å². The number of nitrogens with one attached hydrogen (secondary N) is 1. The average molecular weight is 254 g/mol. The van der Waals surface area contributed by atoms with E-state index in [-0.39, 0.29) is 5.91 Å². The molecular weight excluding hydrogens is 240 g/mol. The molecule has 1 heterocycles. The summed E-state index contributed by atoms with van der Waals surface area (Å²) < 4.78 is 1.54. The zero-order chi connectivity index (χ0) is 13.8. The van der Waals surface area contributed by atoms with E-state index in [0.717, 1.165) is 12.1 Å². The molecule has 0 fully saturated rings. The summed E-state index contributed by atoms with van der Waals surface area (Å²) in [5.41, 5.74) is 2.29. The smallest absolute Gasteiger partial charge is 0.273 e. The van der Waals surface area contributed by atoms with Crippen molar-refractivity contribution < 1.29 is 4.79 Å². The van der Waals surface area contributed by atoms with E-state index in [1.165, 1.54) is 0 Å². The zero-order valence-electron chi connectivity index (χ0n) is 10.8. The summed E-state index contributed by atoms with van der Waals surface area (Å²) in [6, 6.07) is 10.7. The van der Waals surface area contributed by atoms with Gasteiger partial charge in [0.15, 0.2) is 0 Å². The average Bonchev–Trinajstić information content (AvgIpc) is 2.80. The van der Waals surface area contributed by atoms with Crippen LogP contribution in [0, 0.1) is 11.3 Å². The highest BCUT2D eigenvalue weighted by Crippen LogP contribution is 2.15. The normalized spacial score (nSPS) is 9.95.